The molecule has 2 rings (SSSR count). The number of amides is 1. The van der Waals surface area contributed by atoms with Gasteiger partial charge in [0.05, 0.1) is 0 Å². The summed E-state index contributed by atoms with van der Waals surface area (Å²) in [6.45, 7) is 3.78. The SMILES string of the molecule is CC1CCCN(C(=O)CC2CCCC2)C1CN.Cl. The first-order valence-electron chi connectivity index (χ1n) is 7.22. The van der Waals surface area contributed by atoms with Crippen LogP contribution in [-0.4, -0.2) is 29.9 Å². The molecule has 1 aliphatic heterocycles. The van der Waals surface area contributed by atoms with Crippen LogP contribution in [0, 0.1) is 11.8 Å². The van der Waals surface area contributed by atoms with Crippen LogP contribution in [0.15, 0.2) is 0 Å². The van der Waals surface area contributed by atoms with Crippen LogP contribution in [0.4, 0.5) is 0 Å². The molecule has 1 saturated carbocycles. The Bertz CT molecular complexity index is 267. The molecule has 1 amide bonds. The third-order valence-electron chi connectivity index (χ3n) is 4.62. The standard InChI is InChI=1S/C14H26N2O.ClH/c1-11-5-4-8-16(13(11)10-15)14(17)9-12-6-2-3-7-12;/h11-13H,2-10,15H2,1H3;1H. The van der Waals surface area contributed by atoms with Gasteiger partial charge in [0.15, 0.2) is 0 Å². The van der Waals surface area contributed by atoms with E-state index in [4.69, 9.17) is 5.73 Å². The van der Waals surface area contributed by atoms with Crippen molar-refractivity contribution in [3.05, 3.63) is 0 Å². The predicted octanol–water partition coefficient (Wildman–Crippen LogP) is 2.57. The molecule has 0 aromatic heterocycles. The number of carbonyl (C=O) groups is 1. The summed E-state index contributed by atoms with van der Waals surface area (Å²) in [4.78, 5) is 14.4. The number of carbonyl (C=O) groups excluding carboxylic acids is 1. The van der Waals surface area contributed by atoms with Crippen LogP contribution in [0.25, 0.3) is 0 Å². The molecule has 106 valence electrons. The number of rotatable bonds is 3. The Balaban J connectivity index is 0.00000162. The fourth-order valence-electron chi connectivity index (χ4n) is 3.50. The molecular formula is C14H27ClN2O. The second-order valence-corrected chi connectivity index (χ2v) is 5.86. The molecule has 2 unspecified atom stereocenters. The number of piperidine rings is 1. The Hall–Kier alpha value is -0.280. The zero-order valence-electron chi connectivity index (χ0n) is 11.4. The van der Waals surface area contributed by atoms with E-state index in [-0.39, 0.29) is 18.4 Å². The van der Waals surface area contributed by atoms with Crippen molar-refractivity contribution in [1.29, 1.82) is 0 Å². The second-order valence-electron chi connectivity index (χ2n) is 5.86. The highest BCUT2D eigenvalue weighted by atomic mass is 35.5. The van der Waals surface area contributed by atoms with Gasteiger partial charge in [-0.1, -0.05) is 19.8 Å². The Labute approximate surface area is 117 Å². The van der Waals surface area contributed by atoms with Crippen molar-refractivity contribution in [2.24, 2.45) is 17.6 Å². The highest BCUT2D eigenvalue weighted by Crippen LogP contribution is 2.30. The topological polar surface area (TPSA) is 46.3 Å². The molecule has 2 atom stereocenters. The minimum absolute atomic E-state index is 0. The maximum Gasteiger partial charge on any atom is 0.223 e. The summed E-state index contributed by atoms with van der Waals surface area (Å²) in [5.41, 5.74) is 5.84. The third kappa shape index (κ3) is 3.61. The van der Waals surface area contributed by atoms with Crippen molar-refractivity contribution >= 4 is 18.3 Å². The van der Waals surface area contributed by atoms with E-state index in [0.717, 1.165) is 19.4 Å². The maximum atomic E-state index is 12.3. The molecule has 1 saturated heterocycles. The van der Waals surface area contributed by atoms with Crippen molar-refractivity contribution in [3.63, 3.8) is 0 Å². The van der Waals surface area contributed by atoms with Gasteiger partial charge in [0, 0.05) is 25.6 Å². The Morgan fingerprint density at radius 3 is 2.50 bits per heavy atom. The Morgan fingerprint density at radius 2 is 1.89 bits per heavy atom. The van der Waals surface area contributed by atoms with Gasteiger partial charge in [-0.05, 0) is 37.5 Å². The van der Waals surface area contributed by atoms with E-state index in [1.165, 1.54) is 32.1 Å². The van der Waals surface area contributed by atoms with Gasteiger partial charge < -0.3 is 10.6 Å². The monoisotopic (exact) mass is 274 g/mol. The summed E-state index contributed by atoms with van der Waals surface area (Å²) in [5.74, 6) is 1.58. The lowest BCUT2D eigenvalue weighted by molar-refractivity contribution is -0.137. The zero-order valence-corrected chi connectivity index (χ0v) is 12.3. The minimum atomic E-state index is 0. The molecule has 2 N–H and O–H groups in total. The molecule has 2 aliphatic rings. The lowest BCUT2D eigenvalue weighted by Gasteiger charge is -2.40. The molecular weight excluding hydrogens is 248 g/mol. The molecule has 0 aromatic carbocycles. The molecule has 0 radical (unpaired) electrons. The van der Waals surface area contributed by atoms with Gasteiger partial charge in [-0.3, -0.25) is 4.79 Å². The number of hydrogen-bond acceptors (Lipinski definition) is 2. The largest absolute Gasteiger partial charge is 0.338 e. The number of nitrogens with two attached hydrogens (primary N) is 1. The average molecular weight is 275 g/mol. The number of likely N-dealkylation sites (tertiary alicyclic amines) is 1. The van der Waals surface area contributed by atoms with E-state index < -0.39 is 0 Å². The fraction of sp³-hybridized carbons (Fsp3) is 0.929. The van der Waals surface area contributed by atoms with Crippen LogP contribution < -0.4 is 5.73 Å². The van der Waals surface area contributed by atoms with Crippen LogP contribution in [-0.2, 0) is 4.79 Å². The van der Waals surface area contributed by atoms with Gasteiger partial charge >= 0.3 is 0 Å². The van der Waals surface area contributed by atoms with Crippen molar-refractivity contribution < 1.29 is 4.79 Å². The van der Waals surface area contributed by atoms with E-state index in [1.54, 1.807) is 0 Å². The second kappa shape index (κ2) is 7.34. The van der Waals surface area contributed by atoms with Gasteiger partial charge in [-0.25, -0.2) is 0 Å². The van der Waals surface area contributed by atoms with E-state index in [9.17, 15) is 4.79 Å². The first kappa shape index (κ1) is 15.8. The number of nitrogens with zero attached hydrogens (tertiary/aromatic N) is 1. The molecule has 0 spiro atoms. The fourth-order valence-corrected chi connectivity index (χ4v) is 3.50. The number of hydrogen-bond donors (Lipinski definition) is 1. The van der Waals surface area contributed by atoms with Crippen LogP contribution in [0.5, 0.6) is 0 Å². The normalized spacial score (nSPS) is 29.1. The van der Waals surface area contributed by atoms with Crippen LogP contribution in [0.3, 0.4) is 0 Å². The molecule has 3 nitrogen and oxygen atoms in total. The molecule has 0 aromatic rings. The van der Waals surface area contributed by atoms with Crippen LogP contribution >= 0.6 is 12.4 Å². The number of halogens is 1. The molecule has 18 heavy (non-hydrogen) atoms. The summed E-state index contributed by atoms with van der Waals surface area (Å²) < 4.78 is 0. The van der Waals surface area contributed by atoms with Crippen molar-refractivity contribution in [3.8, 4) is 0 Å². The molecule has 0 bridgehead atoms. The first-order valence-corrected chi connectivity index (χ1v) is 7.22. The van der Waals surface area contributed by atoms with Gasteiger partial charge in [-0.15, -0.1) is 12.4 Å². The smallest absolute Gasteiger partial charge is 0.223 e. The van der Waals surface area contributed by atoms with Gasteiger partial charge in [0.1, 0.15) is 0 Å². The summed E-state index contributed by atoms with van der Waals surface area (Å²) in [5, 5.41) is 0. The average Bonchev–Trinajstić information content (AvgIpc) is 2.81. The van der Waals surface area contributed by atoms with Gasteiger partial charge in [0.2, 0.25) is 5.91 Å². The van der Waals surface area contributed by atoms with Crippen LogP contribution in [0.2, 0.25) is 0 Å². The summed E-state index contributed by atoms with van der Waals surface area (Å²) >= 11 is 0. The van der Waals surface area contributed by atoms with Gasteiger partial charge in [-0.2, -0.15) is 0 Å². The van der Waals surface area contributed by atoms with E-state index >= 15 is 0 Å². The summed E-state index contributed by atoms with van der Waals surface area (Å²) in [6.07, 6.45) is 8.26. The Kier molecular flexibility index (Phi) is 6.44. The molecule has 4 heteroatoms. The molecule has 1 aliphatic carbocycles. The predicted molar refractivity (Wildman–Crippen MR) is 76.8 cm³/mol. The maximum absolute atomic E-state index is 12.3. The highest BCUT2D eigenvalue weighted by molar-refractivity contribution is 5.85. The zero-order chi connectivity index (χ0) is 12.3. The van der Waals surface area contributed by atoms with E-state index in [2.05, 4.69) is 11.8 Å². The molecule has 1 heterocycles. The Morgan fingerprint density at radius 1 is 1.22 bits per heavy atom. The third-order valence-corrected chi connectivity index (χ3v) is 4.62. The van der Waals surface area contributed by atoms with Crippen molar-refractivity contribution in [2.45, 2.75) is 57.9 Å². The summed E-state index contributed by atoms with van der Waals surface area (Å²) in [6, 6.07) is 0.289. The summed E-state index contributed by atoms with van der Waals surface area (Å²) in [7, 11) is 0. The minimum Gasteiger partial charge on any atom is -0.338 e. The lowest BCUT2D eigenvalue weighted by atomic mass is 9.90. The van der Waals surface area contributed by atoms with Crippen molar-refractivity contribution in [2.75, 3.05) is 13.1 Å². The lowest BCUT2D eigenvalue weighted by Crippen LogP contribution is -2.51. The molecule has 2 fully saturated rings. The van der Waals surface area contributed by atoms with Crippen LogP contribution in [0.1, 0.15) is 51.9 Å². The quantitative estimate of drug-likeness (QED) is 0.860. The first-order chi connectivity index (χ1) is 8.22. The van der Waals surface area contributed by atoms with Crippen molar-refractivity contribution in [1.82, 2.24) is 4.90 Å². The van der Waals surface area contributed by atoms with Gasteiger partial charge in [0.25, 0.3) is 0 Å². The highest BCUT2D eigenvalue weighted by Gasteiger charge is 2.31. The van der Waals surface area contributed by atoms with E-state index in [1.807, 2.05) is 0 Å². The van der Waals surface area contributed by atoms with E-state index in [0.29, 0.717) is 24.3 Å².